The average molecular weight is 373 g/mol. The molecule has 0 atom stereocenters. The predicted molar refractivity (Wildman–Crippen MR) is 98.4 cm³/mol. The molecule has 7 heteroatoms. The van der Waals surface area contributed by atoms with Crippen LogP contribution in [0.4, 0.5) is 5.69 Å². The zero-order chi connectivity index (χ0) is 18.7. The van der Waals surface area contributed by atoms with Crippen LogP contribution in [0.5, 0.6) is 5.88 Å². The van der Waals surface area contributed by atoms with Gasteiger partial charge in [-0.05, 0) is 37.5 Å². The lowest BCUT2D eigenvalue weighted by Crippen LogP contribution is -2.16. The third-order valence-electron chi connectivity index (χ3n) is 4.23. The predicted octanol–water partition coefficient (Wildman–Crippen LogP) is 3.91. The van der Waals surface area contributed by atoms with Crippen LogP contribution in [0, 0.1) is 0 Å². The minimum Gasteiger partial charge on any atom is -0.481 e. The van der Waals surface area contributed by atoms with Crippen molar-refractivity contribution in [2.75, 3.05) is 12.4 Å². The fraction of sp³-hybridized carbons (Fsp3) is 0.211. The minimum absolute atomic E-state index is 0.189. The average Bonchev–Trinajstić information content (AvgIpc) is 3.12. The van der Waals surface area contributed by atoms with Crippen molar-refractivity contribution in [1.29, 1.82) is 0 Å². The van der Waals surface area contributed by atoms with Gasteiger partial charge in [-0.2, -0.15) is 0 Å². The monoisotopic (exact) mass is 372 g/mol. The van der Waals surface area contributed by atoms with Gasteiger partial charge >= 0.3 is 5.97 Å². The fourth-order valence-corrected chi connectivity index (χ4v) is 3.21. The van der Waals surface area contributed by atoms with Crippen LogP contribution in [0.15, 0.2) is 47.7 Å². The van der Waals surface area contributed by atoms with Gasteiger partial charge in [0.05, 0.1) is 12.1 Å². The highest BCUT2D eigenvalue weighted by atomic mass is 35.5. The molecule has 1 aromatic carbocycles. The van der Waals surface area contributed by atoms with Gasteiger partial charge in [0.2, 0.25) is 5.88 Å². The second kappa shape index (κ2) is 7.58. The summed E-state index contributed by atoms with van der Waals surface area (Å²) in [5, 5.41) is 12.3. The molecule has 26 heavy (non-hydrogen) atoms. The maximum atomic E-state index is 12.4. The number of rotatable bonds is 5. The number of benzene rings is 1. The molecule has 1 aromatic heterocycles. The number of hydrogen-bond donors (Lipinski definition) is 2. The molecular formula is C19H17ClN2O4. The highest BCUT2D eigenvalue weighted by Gasteiger charge is 2.25. The second-order valence-corrected chi connectivity index (χ2v) is 6.26. The number of anilines is 1. The van der Waals surface area contributed by atoms with Gasteiger partial charge in [0.15, 0.2) is 0 Å². The number of amides is 1. The smallest absolute Gasteiger partial charge is 0.332 e. The summed E-state index contributed by atoms with van der Waals surface area (Å²) in [5.74, 6) is -0.921. The molecular weight excluding hydrogens is 356 g/mol. The van der Waals surface area contributed by atoms with Crippen LogP contribution in [0.3, 0.4) is 0 Å². The van der Waals surface area contributed by atoms with Gasteiger partial charge in [-0.3, -0.25) is 4.79 Å². The summed E-state index contributed by atoms with van der Waals surface area (Å²) in [4.78, 5) is 27.7. The first-order valence-corrected chi connectivity index (χ1v) is 8.44. The number of carbonyl (C=O) groups excluding carboxylic acids is 1. The Labute approximate surface area is 155 Å². The summed E-state index contributed by atoms with van der Waals surface area (Å²) >= 11 is 6.34. The van der Waals surface area contributed by atoms with E-state index in [1.54, 1.807) is 37.6 Å². The van der Waals surface area contributed by atoms with Gasteiger partial charge in [0.25, 0.3) is 5.91 Å². The van der Waals surface area contributed by atoms with Crippen molar-refractivity contribution < 1.29 is 19.4 Å². The van der Waals surface area contributed by atoms with Crippen LogP contribution in [0.2, 0.25) is 5.02 Å². The van der Waals surface area contributed by atoms with Crippen LogP contribution in [0.25, 0.3) is 11.1 Å². The topological polar surface area (TPSA) is 88.5 Å². The van der Waals surface area contributed by atoms with Gasteiger partial charge in [-0.25, -0.2) is 9.78 Å². The van der Waals surface area contributed by atoms with E-state index in [4.69, 9.17) is 21.4 Å². The van der Waals surface area contributed by atoms with E-state index < -0.39 is 11.9 Å². The van der Waals surface area contributed by atoms with E-state index in [2.05, 4.69) is 10.3 Å². The molecule has 0 aliphatic heterocycles. The Morgan fingerprint density at radius 1 is 1.19 bits per heavy atom. The Morgan fingerprint density at radius 3 is 2.58 bits per heavy atom. The van der Waals surface area contributed by atoms with Crippen LogP contribution >= 0.6 is 11.6 Å². The van der Waals surface area contributed by atoms with Crippen molar-refractivity contribution in [1.82, 2.24) is 4.98 Å². The molecule has 2 aromatic rings. The molecule has 2 N–H and O–H groups in total. The molecule has 3 rings (SSSR count). The van der Waals surface area contributed by atoms with Crippen molar-refractivity contribution in [3.63, 3.8) is 0 Å². The van der Waals surface area contributed by atoms with E-state index in [1.165, 1.54) is 0 Å². The molecule has 134 valence electrons. The van der Waals surface area contributed by atoms with Crippen molar-refractivity contribution in [3.05, 3.63) is 52.7 Å². The Bertz CT molecular complexity index is 891. The van der Waals surface area contributed by atoms with Gasteiger partial charge in [-0.1, -0.05) is 17.7 Å². The molecule has 1 aliphatic carbocycles. The number of aromatic nitrogens is 1. The number of nitrogens with one attached hydrogen (secondary N) is 1. The zero-order valence-corrected chi connectivity index (χ0v) is 14.8. The summed E-state index contributed by atoms with van der Waals surface area (Å²) < 4.78 is 5.03. The van der Waals surface area contributed by atoms with E-state index in [0.717, 1.165) is 11.1 Å². The first kappa shape index (κ1) is 17.9. The van der Waals surface area contributed by atoms with Crippen molar-refractivity contribution in [2.24, 2.45) is 0 Å². The normalized spacial score (nSPS) is 13.6. The molecule has 1 heterocycles. The van der Waals surface area contributed by atoms with Crippen LogP contribution in [-0.4, -0.2) is 29.1 Å². The van der Waals surface area contributed by atoms with Gasteiger partial charge in [-0.15, -0.1) is 0 Å². The van der Waals surface area contributed by atoms with Crippen LogP contribution in [-0.2, 0) is 9.59 Å². The molecule has 0 saturated carbocycles. The number of halogens is 1. The molecule has 1 aliphatic rings. The fourth-order valence-electron chi connectivity index (χ4n) is 2.92. The summed E-state index contributed by atoms with van der Waals surface area (Å²) in [6.07, 6.45) is 3.22. The lowest BCUT2D eigenvalue weighted by atomic mass is 10.1. The Hall–Kier alpha value is -2.86. The van der Waals surface area contributed by atoms with Crippen LogP contribution < -0.4 is 10.1 Å². The molecule has 0 spiro atoms. The number of pyridine rings is 1. The maximum Gasteiger partial charge on any atom is 0.332 e. The lowest BCUT2D eigenvalue weighted by Gasteiger charge is -2.10. The van der Waals surface area contributed by atoms with Crippen molar-refractivity contribution >= 4 is 29.2 Å². The second-order valence-electron chi connectivity index (χ2n) is 5.85. The number of carboxylic acid groups (broad SMARTS) is 1. The minimum atomic E-state index is -1.03. The van der Waals surface area contributed by atoms with Crippen molar-refractivity contribution in [2.45, 2.75) is 19.3 Å². The Balaban J connectivity index is 1.80. The highest BCUT2D eigenvalue weighted by Crippen LogP contribution is 2.32. The first-order chi connectivity index (χ1) is 12.5. The number of carboxylic acids is 1. The quantitative estimate of drug-likeness (QED) is 0.830. The molecule has 0 radical (unpaired) electrons. The van der Waals surface area contributed by atoms with E-state index in [0.29, 0.717) is 41.4 Å². The number of aliphatic carboxylic acids is 1. The Kier molecular flexibility index (Phi) is 5.23. The molecule has 6 nitrogen and oxygen atoms in total. The van der Waals surface area contributed by atoms with Crippen LogP contribution in [0.1, 0.15) is 19.3 Å². The van der Waals surface area contributed by atoms with E-state index in [9.17, 15) is 9.59 Å². The molecule has 1 amide bonds. The Morgan fingerprint density at radius 2 is 1.96 bits per heavy atom. The molecule has 0 fully saturated rings. The number of hydrogen-bond acceptors (Lipinski definition) is 4. The number of nitrogens with zero attached hydrogens (tertiary/aromatic N) is 1. The van der Waals surface area contributed by atoms with Gasteiger partial charge < -0.3 is 15.2 Å². The third kappa shape index (κ3) is 3.70. The number of carbonyl (C=O) groups is 2. The maximum absolute atomic E-state index is 12.4. The highest BCUT2D eigenvalue weighted by molar-refractivity contribution is 6.33. The van der Waals surface area contributed by atoms with Crippen molar-refractivity contribution in [3.8, 4) is 17.0 Å². The lowest BCUT2D eigenvalue weighted by molar-refractivity contribution is -0.133. The summed E-state index contributed by atoms with van der Waals surface area (Å²) in [6.45, 7) is 0. The summed E-state index contributed by atoms with van der Waals surface area (Å²) in [7, 11) is 1.54. The molecule has 0 bridgehead atoms. The third-order valence-corrected chi connectivity index (χ3v) is 4.55. The number of methoxy groups -OCH3 is 1. The zero-order valence-electron chi connectivity index (χ0n) is 14.1. The van der Waals surface area contributed by atoms with E-state index in [1.807, 2.05) is 6.07 Å². The van der Waals surface area contributed by atoms with E-state index in [-0.39, 0.29) is 5.57 Å². The van der Waals surface area contributed by atoms with Gasteiger partial charge in [0, 0.05) is 40.2 Å². The molecule has 0 saturated heterocycles. The largest absolute Gasteiger partial charge is 0.481 e. The molecule has 0 unspecified atom stereocenters. The van der Waals surface area contributed by atoms with Gasteiger partial charge in [0.1, 0.15) is 0 Å². The first-order valence-electron chi connectivity index (χ1n) is 8.06. The summed E-state index contributed by atoms with van der Waals surface area (Å²) in [5.41, 5.74) is 2.62. The summed E-state index contributed by atoms with van der Waals surface area (Å²) in [6, 6.07) is 8.71. The number of ether oxygens (including phenoxy) is 1. The SMILES string of the molecule is COc1ccc(-c2ccc(NC(=O)C3=C(C(=O)O)CCC3)cc2Cl)cn1. The standard InChI is InChI=1S/C19H17ClN2O4/c1-26-17-8-5-11(10-21-17)13-7-6-12(9-16(13)20)22-18(23)14-3-2-4-15(14)19(24)25/h5-10H,2-4H2,1H3,(H,22,23)(H,24,25). The van der Waals surface area contributed by atoms with E-state index >= 15 is 0 Å².